The summed E-state index contributed by atoms with van der Waals surface area (Å²) in [6, 6.07) is 17.0. The standard InChI is InChI=1S/C23H21F2NO5S2/c1-32-13-29-16-5-2-4-15(11-16)22-18-10-14(12-33(26,27)28)8-9-17(18)21-19(30-22)6-3-7-20(21)31-23(24)25/h2-11,22-23H,12-13H2,1H3,(H2,26,27,28). The molecule has 1 unspecified atom stereocenters. The minimum Gasteiger partial charge on any atom is -0.483 e. The molecule has 10 heteroatoms. The van der Waals surface area contributed by atoms with Gasteiger partial charge in [-0.3, -0.25) is 0 Å². The monoisotopic (exact) mass is 493 g/mol. The van der Waals surface area contributed by atoms with Crippen LogP contribution in [0.5, 0.6) is 17.2 Å². The summed E-state index contributed by atoms with van der Waals surface area (Å²) in [6.07, 6.45) is 1.29. The number of rotatable bonds is 8. The van der Waals surface area contributed by atoms with Crippen LogP contribution in [0.2, 0.25) is 0 Å². The van der Waals surface area contributed by atoms with Crippen LogP contribution in [0.25, 0.3) is 11.1 Å². The molecule has 0 radical (unpaired) electrons. The molecule has 3 aromatic carbocycles. The summed E-state index contributed by atoms with van der Waals surface area (Å²) >= 11 is 1.53. The number of alkyl halides is 2. The summed E-state index contributed by atoms with van der Waals surface area (Å²) in [4.78, 5) is 0. The van der Waals surface area contributed by atoms with E-state index in [1.807, 2.05) is 30.5 Å². The normalized spacial score (nSPS) is 14.9. The molecule has 1 heterocycles. The van der Waals surface area contributed by atoms with E-state index in [0.717, 1.165) is 5.56 Å². The molecule has 6 nitrogen and oxygen atoms in total. The van der Waals surface area contributed by atoms with E-state index in [-0.39, 0.29) is 11.5 Å². The van der Waals surface area contributed by atoms with Crippen molar-refractivity contribution in [3.63, 3.8) is 0 Å². The average Bonchev–Trinajstić information content (AvgIpc) is 2.76. The maximum absolute atomic E-state index is 13.0. The number of ether oxygens (including phenoxy) is 3. The van der Waals surface area contributed by atoms with Gasteiger partial charge in [0.2, 0.25) is 10.0 Å². The topological polar surface area (TPSA) is 87.8 Å². The number of halogens is 2. The zero-order chi connectivity index (χ0) is 23.6. The highest BCUT2D eigenvalue weighted by Crippen LogP contribution is 2.49. The van der Waals surface area contributed by atoms with E-state index < -0.39 is 22.7 Å². The number of benzene rings is 3. The molecule has 174 valence electrons. The van der Waals surface area contributed by atoms with Crippen molar-refractivity contribution in [2.45, 2.75) is 18.5 Å². The van der Waals surface area contributed by atoms with Crippen LogP contribution in [0.3, 0.4) is 0 Å². The molecule has 0 amide bonds. The van der Waals surface area contributed by atoms with Crippen LogP contribution in [0, 0.1) is 0 Å². The number of hydrogen-bond acceptors (Lipinski definition) is 6. The molecule has 0 aliphatic carbocycles. The fourth-order valence-corrected chi connectivity index (χ4v) is 4.68. The van der Waals surface area contributed by atoms with Crippen molar-refractivity contribution < 1.29 is 31.4 Å². The number of thioether (sulfide) groups is 1. The predicted molar refractivity (Wildman–Crippen MR) is 123 cm³/mol. The molecule has 0 aromatic heterocycles. The maximum Gasteiger partial charge on any atom is 0.387 e. The number of sulfonamides is 1. The number of primary sulfonamides is 1. The van der Waals surface area contributed by atoms with Crippen LogP contribution in [0.1, 0.15) is 22.8 Å². The summed E-state index contributed by atoms with van der Waals surface area (Å²) in [5.41, 5.74) is 2.80. The lowest BCUT2D eigenvalue weighted by atomic mass is 9.88. The van der Waals surface area contributed by atoms with E-state index in [4.69, 9.17) is 19.3 Å². The van der Waals surface area contributed by atoms with Gasteiger partial charge in [-0.25, -0.2) is 13.6 Å². The molecular weight excluding hydrogens is 472 g/mol. The Morgan fingerprint density at radius 2 is 1.91 bits per heavy atom. The second kappa shape index (κ2) is 9.58. The van der Waals surface area contributed by atoms with Gasteiger partial charge in [0.25, 0.3) is 0 Å². The van der Waals surface area contributed by atoms with Crippen molar-refractivity contribution in [3.8, 4) is 28.4 Å². The Morgan fingerprint density at radius 1 is 1.12 bits per heavy atom. The molecule has 0 fully saturated rings. The molecule has 3 aromatic rings. The van der Waals surface area contributed by atoms with Crippen molar-refractivity contribution in [1.29, 1.82) is 0 Å². The Labute approximate surface area is 194 Å². The van der Waals surface area contributed by atoms with Crippen LogP contribution in [-0.2, 0) is 15.8 Å². The van der Waals surface area contributed by atoms with Gasteiger partial charge in [-0.1, -0.05) is 36.4 Å². The van der Waals surface area contributed by atoms with Gasteiger partial charge < -0.3 is 14.2 Å². The van der Waals surface area contributed by atoms with Crippen molar-refractivity contribution in [1.82, 2.24) is 0 Å². The molecule has 0 saturated heterocycles. The van der Waals surface area contributed by atoms with E-state index in [1.165, 1.54) is 17.8 Å². The third-order valence-electron chi connectivity index (χ3n) is 4.99. The van der Waals surface area contributed by atoms with Gasteiger partial charge in [0.1, 0.15) is 29.3 Å². The first-order valence-electron chi connectivity index (χ1n) is 9.85. The van der Waals surface area contributed by atoms with Crippen LogP contribution in [-0.4, -0.2) is 27.2 Å². The summed E-state index contributed by atoms with van der Waals surface area (Å²) in [5.74, 6) is 1.10. The predicted octanol–water partition coefficient (Wildman–Crippen LogP) is 4.92. The minimum atomic E-state index is -3.77. The van der Waals surface area contributed by atoms with Gasteiger partial charge in [0, 0.05) is 11.1 Å². The molecular formula is C23H21F2NO5S2. The zero-order valence-corrected chi connectivity index (χ0v) is 19.2. The number of nitrogens with two attached hydrogens (primary N) is 1. The maximum atomic E-state index is 13.0. The first-order chi connectivity index (χ1) is 15.7. The summed E-state index contributed by atoms with van der Waals surface area (Å²) in [6.45, 7) is -3.01. The molecule has 1 aliphatic rings. The van der Waals surface area contributed by atoms with Gasteiger partial charge in [-0.15, -0.1) is 11.8 Å². The SMILES string of the molecule is CSCOc1cccc(C2Oc3cccc(OC(F)F)c3-c3ccc(CS(N)(=O)=O)cc32)c1. The third-order valence-corrected chi connectivity index (χ3v) is 6.08. The molecule has 1 aliphatic heterocycles. The highest BCUT2D eigenvalue weighted by molar-refractivity contribution is 7.98. The minimum absolute atomic E-state index is 0.0292. The Balaban J connectivity index is 1.86. The van der Waals surface area contributed by atoms with Crippen LogP contribution >= 0.6 is 11.8 Å². The Bertz CT molecular complexity index is 1270. The van der Waals surface area contributed by atoms with Crippen LogP contribution in [0.4, 0.5) is 8.78 Å². The van der Waals surface area contributed by atoms with Gasteiger partial charge in [-0.05, 0) is 41.6 Å². The number of fused-ring (bicyclic) bond motifs is 3. The summed E-state index contributed by atoms with van der Waals surface area (Å²) < 4.78 is 66.1. The summed E-state index contributed by atoms with van der Waals surface area (Å²) in [7, 11) is -3.77. The molecule has 33 heavy (non-hydrogen) atoms. The lowest BCUT2D eigenvalue weighted by Gasteiger charge is -2.31. The second-order valence-corrected chi connectivity index (χ2v) is 9.79. The van der Waals surface area contributed by atoms with Crippen LogP contribution in [0.15, 0.2) is 60.7 Å². The van der Waals surface area contributed by atoms with E-state index >= 15 is 0 Å². The van der Waals surface area contributed by atoms with Gasteiger partial charge in [-0.2, -0.15) is 8.78 Å². The molecule has 0 saturated carbocycles. The van der Waals surface area contributed by atoms with Crippen molar-refractivity contribution in [3.05, 3.63) is 77.4 Å². The fourth-order valence-electron chi connectivity index (χ4n) is 3.78. The molecule has 0 spiro atoms. The Morgan fingerprint density at radius 3 is 2.64 bits per heavy atom. The third kappa shape index (κ3) is 5.40. The highest BCUT2D eigenvalue weighted by atomic mass is 32.2. The van der Waals surface area contributed by atoms with E-state index in [2.05, 4.69) is 0 Å². The van der Waals surface area contributed by atoms with Gasteiger partial charge in [0.15, 0.2) is 0 Å². The molecule has 0 bridgehead atoms. The average molecular weight is 494 g/mol. The molecule has 4 rings (SSSR count). The molecule has 1 atom stereocenters. The quantitative estimate of drug-likeness (QED) is 0.448. The van der Waals surface area contributed by atoms with Crippen LogP contribution < -0.4 is 19.3 Å². The van der Waals surface area contributed by atoms with E-state index in [1.54, 1.807) is 30.3 Å². The highest BCUT2D eigenvalue weighted by Gasteiger charge is 2.31. The number of hydrogen-bond donors (Lipinski definition) is 1. The first-order valence-corrected chi connectivity index (χ1v) is 13.0. The fraction of sp³-hybridized carbons (Fsp3) is 0.217. The summed E-state index contributed by atoms with van der Waals surface area (Å²) in [5, 5.41) is 5.23. The lowest BCUT2D eigenvalue weighted by Crippen LogP contribution is -2.18. The Kier molecular flexibility index (Phi) is 6.78. The second-order valence-electron chi connectivity index (χ2n) is 7.36. The van der Waals surface area contributed by atoms with E-state index in [9.17, 15) is 17.2 Å². The smallest absolute Gasteiger partial charge is 0.387 e. The first kappa shape index (κ1) is 23.3. The van der Waals surface area contributed by atoms with Crippen molar-refractivity contribution >= 4 is 21.8 Å². The van der Waals surface area contributed by atoms with Gasteiger partial charge in [0.05, 0.1) is 11.3 Å². The largest absolute Gasteiger partial charge is 0.483 e. The van der Waals surface area contributed by atoms with Gasteiger partial charge >= 0.3 is 6.61 Å². The van der Waals surface area contributed by atoms with Crippen molar-refractivity contribution in [2.24, 2.45) is 5.14 Å². The van der Waals surface area contributed by atoms with Crippen molar-refractivity contribution in [2.75, 3.05) is 12.2 Å². The Hall–Kier alpha value is -2.82. The lowest BCUT2D eigenvalue weighted by molar-refractivity contribution is -0.0496. The van der Waals surface area contributed by atoms with E-state index in [0.29, 0.717) is 39.7 Å². The molecule has 2 N–H and O–H groups in total. The zero-order valence-electron chi connectivity index (χ0n) is 17.5.